The largest absolute Gasteiger partial charge is 0.497 e. The number of pyridine rings is 1. The number of methoxy groups -OCH3 is 1. The molecule has 0 aliphatic heterocycles. The van der Waals surface area contributed by atoms with Crippen molar-refractivity contribution in [3.05, 3.63) is 83.2 Å². The summed E-state index contributed by atoms with van der Waals surface area (Å²) in [6.07, 6.45) is 0. The topological polar surface area (TPSA) is 80.3 Å². The molecule has 2 N–H and O–H groups in total. The number of hydrogen-bond donors (Lipinski definition) is 2. The summed E-state index contributed by atoms with van der Waals surface area (Å²) in [4.78, 5) is 29.3. The van der Waals surface area contributed by atoms with Crippen LogP contribution in [0.4, 0.5) is 11.4 Å². The number of nitrogens with one attached hydrogen (secondary N) is 2. The highest BCUT2D eigenvalue weighted by Gasteiger charge is 2.14. The minimum absolute atomic E-state index is 0.150. The van der Waals surface area contributed by atoms with Gasteiger partial charge in [0.05, 0.1) is 7.11 Å². The van der Waals surface area contributed by atoms with Crippen molar-refractivity contribution in [2.75, 3.05) is 17.7 Å². The molecule has 0 fully saturated rings. The average molecular weight is 375 g/mol. The standard InChI is InChI=1S/C22H21N3O3/c1-14-7-4-8-15(2)20(14)25-22(27)19-12-6-11-18(24-19)21(26)23-16-9-5-10-17(13-16)28-3/h4-13H,1-3H3,(H,23,26)(H,25,27). The van der Waals surface area contributed by atoms with Gasteiger partial charge in [0.25, 0.3) is 11.8 Å². The van der Waals surface area contributed by atoms with Crippen molar-refractivity contribution >= 4 is 23.2 Å². The van der Waals surface area contributed by atoms with E-state index in [0.29, 0.717) is 11.4 Å². The summed E-state index contributed by atoms with van der Waals surface area (Å²) in [5, 5.41) is 5.63. The molecule has 3 rings (SSSR count). The fourth-order valence-electron chi connectivity index (χ4n) is 2.77. The number of aromatic nitrogens is 1. The number of benzene rings is 2. The Morgan fingerprint density at radius 2 is 1.39 bits per heavy atom. The van der Waals surface area contributed by atoms with Crippen LogP contribution in [0.1, 0.15) is 32.1 Å². The quantitative estimate of drug-likeness (QED) is 0.700. The number of anilines is 2. The lowest BCUT2D eigenvalue weighted by atomic mass is 10.1. The zero-order valence-corrected chi connectivity index (χ0v) is 15.9. The second kappa shape index (κ2) is 8.35. The molecule has 2 aromatic carbocycles. The minimum Gasteiger partial charge on any atom is -0.497 e. The van der Waals surface area contributed by atoms with Crippen LogP contribution in [0.5, 0.6) is 5.75 Å². The zero-order chi connectivity index (χ0) is 20.1. The number of carbonyl (C=O) groups is 2. The molecule has 0 bridgehead atoms. The Kier molecular flexibility index (Phi) is 5.69. The average Bonchev–Trinajstić information content (AvgIpc) is 2.71. The minimum atomic E-state index is -0.407. The van der Waals surface area contributed by atoms with Crippen LogP contribution < -0.4 is 15.4 Å². The summed E-state index contributed by atoms with van der Waals surface area (Å²) in [7, 11) is 1.56. The van der Waals surface area contributed by atoms with Crippen LogP contribution in [0.3, 0.4) is 0 Å². The molecule has 0 spiro atoms. The van der Waals surface area contributed by atoms with Gasteiger partial charge in [0.1, 0.15) is 17.1 Å². The molecular formula is C22H21N3O3. The fourth-order valence-corrected chi connectivity index (χ4v) is 2.77. The van der Waals surface area contributed by atoms with Gasteiger partial charge in [0.15, 0.2) is 0 Å². The molecule has 142 valence electrons. The summed E-state index contributed by atoms with van der Waals surface area (Å²) < 4.78 is 5.15. The Morgan fingerprint density at radius 3 is 2.04 bits per heavy atom. The lowest BCUT2D eigenvalue weighted by molar-refractivity contribution is 0.101. The van der Waals surface area contributed by atoms with E-state index < -0.39 is 5.91 Å². The van der Waals surface area contributed by atoms with Crippen LogP contribution in [-0.4, -0.2) is 23.9 Å². The Hall–Kier alpha value is -3.67. The van der Waals surface area contributed by atoms with Crippen LogP contribution in [0.15, 0.2) is 60.7 Å². The van der Waals surface area contributed by atoms with Gasteiger partial charge in [-0.05, 0) is 49.2 Å². The van der Waals surface area contributed by atoms with Gasteiger partial charge in [0, 0.05) is 17.4 Å². The highest BCUT2D eigenvalue weighted by Crippen LogP contribution is 2.20. The number of ether oxygens (including phenoxy) is 1. The second-order valence-electron chi connectivity index (χ2n) is 6.32. The van der Waals surface area contributed by atoms with E-state index in [9.17, 15) is 9.59 Å². The molecule has 0 radical (unpaired) electrons. The maximum atomic E-state index is 12.6. The number of hydrogen-bond acceptors (Lipinski definition) is 4. The molecule has 0 unspecified atom stereocenters. The first-order valence-corrected chi connectivity index (χ1v) is 8.78. The van der Waals surface area contributed by atoms with Gasteiger partial charge >= 0.3 is 0 Å². The molecule has 1 aromatic heterocycles. The smallest absolute Gasteiger partial charge is 0.274 e. The van der Waals surface area contributed by atoms with Crippen LogP contribution in [0, 0.1) is 13.8 Å². The molecule has 0 aliphatic carbocycles. The van der Waals surface area contributed by atoms with Gasteiger partial charge in [0.2, 0.25) is 0 Å². The van der Waals surface area contributed by atoms with Crippen molar-refractivity contribution in [2.24, 2.45) is 0 Å². The van der Waals surface area contributed by atoms with Crippen LogP contribution in [0.25, 0.3) is 0 Å². The Balaban J connectivity index is 1.77. The molecular weight excluding hydrogens is 354 g/mol. The summed E-state index contributed by atoms with van der Waals surface area (Å²) in [5.41, 5.74) is 3.57. The summed E-state index contributed by atoms with van der Waals surface area (Å²) in [6.45, 7) is 3.85. The molecule has 0 saturated heterocycles. The first-order valence-electron chi connectivity index (χ1n) is 8.78. The van der Waals surface area contributed by atoms with E-state index in [4.69, 9.17) is 4.74 Å². The van der Waals surface area contributed by atoms with Gasteiger partial charge in [-0.2, -0.15) is 0 Å². The molecule has 0 atom stereocenters. The van der Waals surface area contributed by atoms with Gasteiger partial charge in [-0.3, -0.25) is 9.59 Å². The van der Waals surface area contributed by atoms with E-state index in [-0.39, 0.29) is 17.3 Å². The van der Waals surface area contributed by atoms with Crippen LogP contribution >= 0.6 is 0 Å². The first kappa shape index (κ1) is 19.1. The molecule has 0 saturated carbocycles. The summed E-state index contributed by atoms with van der Waals surface area (Å²) in [5.74, 6) is -0.143. The van der Waals surface area contributed by atoms with E-state index in [0.717, 1.165) is 16.8 Å². The molecule has 6 nitrogen and oxygen atoms in total. The molecule has 6 heteroatoms. The van der Waals surface area contributed by atoms with Gasteiger partial charge in [-0.1, -0.05) is 30.3 Å². The third-order valence-electron chi connectivity index (χ3n) is 4.26. The van der Waals surface area contributed by atoms with Gasteiger partial charge in [-0.15, -0.1) is 0 Å². The lowest BCUT2D eigenvalue weighted by Crippen LogP contribution is -2.19. The molecule has 3 aromatic rings. The zero-order valence-electron chi connectivity index (χ0n) is 15.9. The molecule has 1 heterocycles. The van der Waals surface area contributed by atoms with Gasteiger partial charge in [-0.25, -0.2) is 4.98 Å². The van der Waals surface area contributed by atoms with Crippen molar-refractivity contribution in [1.82, 2.24) is 4.98 Å². The third-order valence-corrected chi connectivity index (χ3v) is 4.26. The van der Waals surface area contributed by atoms with E-state index in [1.54, 1.807) is 49.6 Å². The van der Waals surface area contributed by atoms with Crippen molar-refractivity contribution in [2.45, 2.75) is 13.8 Å². The second-order valence-corrected chi connectivity index (χ2v) is 6.32. The highest BCUT2D eigenvalue weighted by atomic mass is 16.5. The number of carbonyl (C=O) groups excluding carboxylic acids is 2. The predicted molar refractivity (Wildman–Crippen MR) is 109 cm³/mol. The fraction of sp³-hybridized carbons (Fsp3) is 0.136. The predicted octanol–water partition coefficient (Wildman–Crippen LogP) is 4.21. The number of rotatable bonds is 5. The summed E-state index contributed by atoms with van der Waals surface area (Å²) in [6, 6.07) is 17.6. The summed E-state index contributed by atoms with van der Waals surface area (Å²) >= 11 is 0. The van der Waals surface area contributed by atoms with Crippen molar-refractivity contribution in [3.63, 3.8) is 0 Å². The molecule has 28 heavy (non-hydrogen) atoms. The maximum Gasteiger partial charge on any atom is 0.274 e. The van der Waals surface area contributed by atoms with E-state index >= 15 is 0 Å². The highest BCUT2D eigenvalue weighted by molar-refractivity contribution is 6.06. The van der Waals surface area contributed by atoms with Crippen molar-refractivity contribution in [3.8, 4) is 5.75 Å². The molecule has 2 amide bonds. The number of para-hydroxylation sites is 1. The van der Waals surface area contributed by atoms with Gasteiger partial charge < -0.3 is 15.4 Å². The van der Waals surface area contributed by atoms with Crippen molar-refractivity contribution in [1.29, 1.82) is 0 Å². The monoisotopic (exact) mass is 375 g/mol. The Morgan fingerprint density at radius 1 is 0.821 bits per heavy atom. The SMILES string of the molecule is COc1cccc(NC(=O)c2cccc(C(=O)Nc3c(C)cccc3C)n2)c1. The van der Waals surface area contributed by atoms with E-state index in [2.05, 4.69) is 15.6 Å². The van der Waals surface area contributed by atoms with Crippen LogP contribution in [0.2, 0.25) is 0 Å². The van der Waals surface area contributed by atoms with Crippen LogP contribution in [-0.2, 0) is 0 Å². The first-order chi connectivity index (χ1) is 13.5. The lowest BCUT2D eigenvalue weighted by Gasteiger charge is -2.11. The normalized spacial score (nSPS) is 10.2. The van der Waals surface area contributed by atoms with Crippen molar-refractivity contribution < 1.29 is 14.3 Å². The number of amides is 2. The Bertz CT molecular complexity index is 1010. The molecule has 0 aliphatic rings. The van der Waals surface area contributed by atoms with E-state index in [1.807, 2.05) is 32.0 Å². The maximum absolute atomic E-state index is 12.6. The number of aryl methyl sites for hydroxylation is 2. The van der Waals surface area contributed by atoms with E-state index in [1.165, 1.54) is 0 Å². The number of nitrogens with zero attached hydrogens (tertiary/aromatic N) is 1. The Labute approximate surface area is 163 Å². The third kappa shape index (κ3) is 4.35.